The maximum Gasteiger partial charge on any atom is 0.257 e. The Balaban J connectivity index is 2.24. The van der Waals surface area contributed by atoms with Crippen molar-refractivity contribution < 1.29 is 19.1 Å². The quantitative estimate of drug-likeness (QED) is 0.104. The first-order chi connectivity index (χ1) is 16.3. The summed E-state index contributed by atoms with van der Waals surface area (Å²) in [5.41, 5.74) is 1.26. The van der Waals surface area contributed by atoms with Crippen molar-refractivity contribution in [3.63, 3.8) is 0 Å². The lowest BCUT2D eigenvalue weighted by Gasteiger charge is -2.18. The summed E-state index contributed by atoms with van der Waals surface area (Å²) >= 11 is 3.10. The van der Waals surface area contributed by atoms with E-state index in [2.05, 4.69) is 57.7 Å². The zero-order valence-corrected chi connectivity index (χ0v) is 22.2. The van der Waals surface area contributed by atoms with Gasteiger partial charge in [-0.3, -0.25) is 19.3 Å². The molecule has 1 aliphatic heterocycles. The van der Waals surface area contributed by atoms with Gasteiger partial charge in [0.05, 0.1) is 13.2 Å². The van der Waals surface area contributed by atoms with Gasteiger partial charge in [-0.2, -0.15) is 0 Å². The molecule has 0 radical (unpaired) electrons. The normalized spacial score (nSPS) is 16.4. The predicted octanol–water partition coefficient (Wildman–Crippen LogP) is 5.17. The van der Waals surface area contributed by atoms with E-state index in [0.29, 0.717) is 37.5 Å². The minimum atomic E-state index is -0.419. The SMILES string of the molecule is C=C(CCCC#CBr)CCC(C)C=CCCC(=O)NCCC(=CC(=O)N1C(=O)C=CC1C)OC. The zero-order chi connectivity index (χ0) is 25.3. The fourth-order valence-corrected chi connectivity index (χ4v) is 3.62. The molecule has 2 unspecified atom stereocenters. The Hall–Kier alpha value is -2.59. The monoisotopic (exact) mass is 532 g/mol. The molecule has 1 aliphatic rings. The van der Waals surface area contributed by atoms with Crippen molar-refractivity contribution in [2.24, 2.45) is 5.92 Å². The van der Waals surface area contributed by atoms with Crippen LogP contribution < -0.4 is 5.32 Å². The van der Waals surface area contributed by atoms with E-state index in [1.165, 1.54) is 29.7 Å². The van der Waals surface area contributed by atoms with E-state index in [1.54, 1.807) is 13.0 Å². The predicted molar refractivity (Wildman–Crippen MR) is 140 cm³/mol. The van der Waals surface area contributed by atoms with Gasteiger partial charge in [-0.1, -0.05) is 43.2 Å². The summed E-state index contributed by atoms with van der Waals surface area (Å²) in [4.78, 5) is 40.1. The first-order valence-corrected chi connectivity index (χ1v) is 12.6. The van der Waals surface area contributed by atoms with Crippen molar-refractivity contribution in [2.75, 3.05) is 13.7 Å². The molecular weight excluding hydrogens is 496 g/mol. The number of halogens is 1. The van der Waals surface area contributed by atoms with Gasteiger partial charge in [0.1, 0.15) is 5.76 Å². The van der Waals surface area contributed by atoms with Crippen LogP contribution in [-0.2, 0) is 19.1 Å². The number of methoxy groups -OCH3 is 1. The molecule has 2 atom stereocenters. The Labute approximate surface area is 212 Å². The van der Waals surface area contributed by atoms with E-state index >= 15 is 0 Å². The Kier molecular flexibility index (Phi) is 14.7. The number of imide groups is 1. The Morgan fingerprint density at radius 1 is 1.32 bits per heavy atom. The molecule has 0 saturated heterocycles. The third-order valence-electron chi connectivity index (χ3n) is 5.49. The number of carbonyl (C=O) groups excluding carboxylic acids is 3. The molecule has 186 valence electrons. The highest BCUT2D eigenvalue weighted by Gasteiger charge is 2.27. The van der Waals surface area contributed by atoms with Crippen molar-refractivity contribution in [1.82, 2.24) is 10.2 Å². The molecule has 7 heteroatoms. The van der Waals surface area contributed by atoms with Gasteiger partial charge in [-0.25, -0.2) is 0 Å². The molecular formula is C27H37BrN2O4. The molecule has 0 aromatic heterocycles. The lowest BCUT2D eigenvalue weighted by molar-refractivity contribution is -0.139. The number of allylic oxidation sites excluding steroid dienone is 3. The van der Waals surface area contributed by atoms with Crippen LogP contribution in [0.2, 0.25) is 0 Å². The Bertz CT molecular complexity index is 864. The zero-order valence-electron chi connectivity index (χ0n) is 20.6. The van der Waals surface area contributed by atoms with Crippen molar-refractivity contribution in [3.05, 3.63) is 48.3 Å². The highest BCUT2D eigenvalue weighted by atomic mass is 79.9. The standard InChI is InChI=1S/C27H37BrN2O4/c1-21(10-6-5-9-18-28)13-14-22(2)11-7-8-12-25(31)29-19-17-24(34-4)20-27(33)30-23(3)15-16-26(30)32/h7,11,15-16,20,22-23H,1,5-6,8,10,12-14,17,19H2,2-4H3,(H,29,31). The lowest BCUT2D eigenvalue weighted by Crippen LogP contribution is -2.37. The molecule has 0 aromatic rings. The lowest BCUT2D eigenvalue weighted by atomic mass is 9.98. The molecule has 6 nitrogen and oxygen atoms in total. The molecule has 0 bridgehead atoms. The number of ether oxygens (including phenoxy) is 1. The van der Waals surface area contributed by atoms with E-state index in [-0.39, 0.29) is 17.9 Å². The summed E-state index contributed by atoms with van der Waals surface area (Å²) in [5.74, 6) is 3.06. The van der Waals surface area contributed by atoms with E-state index < -0.39 is 5.91 Å². The largest absolute Gasteiger partial charge is 0.501 e. The minimum Gasteiger partial charge on any atom is -0.501 e. The third kappa shape index (κ3) is 12.0. The van der Waals surface area contributed by atoms with Crippen LogP contribution in [0, 0.1) is 16.7 Å². The molecule has 0 aliphatic carbocycles. The number of amides is 3. The molecule has 0 fully saturated rings. The third-order valence-corrected chi connectivity index (χ3v) is 5.77. The summed E-state index contributed by atoms with van der Waals surface area (Å²) in [5, 5.41) is 2.84. The first kappa shape index (κ1) is 29.4. The van der Waals surface area contributed by atoms with Crippen LogP contribution in [0.3, 0.4) is 0 Å². The Morgan fingerprint density at radius 2 is 2.09 bits per heavy atom. The molecule has 1 heterocycles. The van der Waals surface area contributed by atoms with Crippen molar-refractivity contribution >= 4 is 33.7 Å². The van der Waals surface area contributed by atoms with E-state index in [9.17, 15) is 14.4 Å². The van der Waals surface area contributed by atoms with Crippen LogP contribution >= 0.6 is 15.9 Å². The molecule has 3 amide bonds. The van der Waals surface area contributed by atoms with Crippen molar-refractivity contribution in [1.29, 1.82) is 0 Å². The fraction of sp³-hybridized carbons (Fsp3) is 0.519. The molecule has 0 saturated carbocycles. The topological polar surface area (TPSA) is 75.7 Å². The minimum absolute atomic E-state index is 0.0495. The molecule has 1 N–H and O–H groups in total. The van der Waals surface area contributed by atoms with Crippen LogP contribution in [0.5, 0.6) is 0 Å². The van der Waals surface area contributed by atoms with Gasteiger partial charge in [0, 0.05) is 53.9 Å². The number of nitrogens with one attached hydrogen (secondary N) is 1. The molecule has 0 aromatic carbocycles. The van der Waals surface area contributed by atoms with Gasteiger partial charge >= 0.3 is 0 Å². The first-order valence-electron chi connectivity index (χ1n) is 11.8. The molecule has 34 heavy (non-hydrogen) atoms. The second-order valence-corrected chi connectivity index (χ2v) is 8.82. The smallest absolute Gasteiger partial charge is 0.257 e. The number of hydrogen-bond acceptors (Lipinski definition) is 4. The van der Waals surface area contributed by atoms with E-state index in [1.807, 2.05) is 0 Å². The second-order valence-electron chi connectivity index (χ2n) is 8.42. The fourth-order valence-electron chi connectivity index (χ4n) is 3.42. The van der Waals surface area contributed by atoms with Crippen molar-refractivity contribution in [2.45, 2.75) is 71.3 Å². The van der Waals surface area contributed by atoms with Crippen LogP contribution in [-0.4, -0.2) is 42.3 Å². The summed E-state index contributed by atoms with van der Waals surface area (Å²) in [6.07, 6.45) is 15.0. The number of unbranched alkanes of at least 4 members (excludes halogenated alkanes) is 1. The van der Waals surface area contributed by atoms with Crippen LogP contribution in [0.15, 0.2) is 48.3 Å². The molecule has 0 spiro atoms. The number of rotatable bonds is 15. The maximum absolute atomic E-state index is 12.3. The van der Waals surface area contributed by atoms with Crippen LogP contribution in [0.25, 0.3) is 0 Å². The van der Waals surface area contributed by atoms with Crippen molar-refractivity contribution in [3.8, 4) is 10.8 Å². The highest BCUT2D eigenvalue weighted by Crippen LogP contribution is 2.17. The van der Waals surface area contributed by atoms with Gasteiger partial charge in [0.25, 0.3) is 11.8 Å². The molecule has 1 rings (SSSR count). The maximum atomic E-state index is 12.3. The Morgan fingerprint density at radius 3 is 2.74 bits per heavy atom. The summed E-state index contributed by atoms with van der Waals surface area (Å²) < 4.78 is 5.24. The highest BCUT2D eigenvalue weighted by molar-refractivity contribution is 9.12. The van der Waals surface area contributed by atoms with Gasteiger partial charge in [0.2, 0.25) is 5.91 Å². The van der Waals surface area contributed by atoms with E-state index in [4.69, 9.17) is 4.74 Å². The summed E-state index contributed by atoms with van der Waals surface area (Å²) in [6, 6.07) is -0.270. The summed E-state index contributed by atoms with van der Waals surface area (Å²) in [6.45, 7) is 8.45. The average Bonchev–Trinajstić information content (AvgIpc) is 3.15. The number of carbonyl (C=O) groups is 3. The van der Waals surface area contributed by atoms with Gasteiger partial charge < -0.3 is 10.1 Å². The van der Waals surface area contributed by atoms with Crippen LogP contribution in [0.4, 0.5) is 0 Å². The number of hydrogen-bond donors (Lipinski definition) is 1. The second kappa shape index (κ2) is 16.9. The van der Waals surface area contributed by atoms with Crippen LogP contribution in [0.1, 0.15) is 65.2 Å². The summed E-state index contributed by atoms with van der Waals surface area (Å²) in [7, 11) is 1.47. The van der Waals surface area contributed by atoms with E-state index in [0.717, 1.165) is 32.1 Å². The average molecular weight is 534 g/mol. The number of nitrogens with zero attached hydrogens (tertiary/aromatic N) is 1. The van der Waals surface area contributed by atoms with Gasteiger partial charge in [-0.15, -0.1) is 0 Å². The van der Waals surface area contributed by atoms with Gasteiger partial charge in [0.15, 0.2) is 0 Å². The van der Waals surface area contributed by atoms with Gasteiger partial charge in [-0.05, 0) is 49.8 Å².